The number of hydrogen-bond acceptors (Lipinski definition) is 5. The normalized spacial score (nSPS) is 30.0. The molecule has 84 valence electrons. The molecule has 0 radical (unpaired) electrons. The van der Waals surface area contributed by atoms with Gasteiger partial charge in [-0.2, -0.15) is 0 Å². The van der Waals surface area contributed by atoms with Crippen LogP contribution in [0.4, 0.5) is 0 Å². The Kier molecular flexibility index (Phi) is 4.05. The number of hydrogen-bond donors (Lipinski definition) is 1. The van der Waals surface area contributed by atoms with E-state index in [0.29, 0.717) is 12.2 Å². The Hall–Kier alpha value is 0.450. The molecule has 14 heavy (non-hydrogen) atoms. The van der Waals surface area contributed by atoms with Gasteiger partial charge in [-0.3, -0.25) is 10.1 Å². The van der Waals surface area contributed by atoms with E-state index in [4.69, 9.17) is 5.50 Å². The summed E-state index contributed by atoms with van der Waals surface area (Å²) >= 11 is 1.02. The monoisotopic (exact) mass is 259 g/mol. The summed E-state index contributed by atoms with van der Waals surface area (Å²) in [5.41, 5.74) is 5.31. The smallest absolute Gasteiger partial charge is 0.313 e. The average molecular weight is 259 g/mol. The molecule has 1 fully saturated rings. The molecule has 0 amide bonds. The largest absolute Gasteiger partial charge is 0.323 e. The van der Waals surface area contributed by atoms with Crippen molar-refractivity contribution in [2.45, 2.75) is 6.42 Å². The van der Waals surface area contributed by atoms with Crippen molar-refractivity contribution in [3.05, 3.63) is 0 Å². The quantitative estimate of drug-likeness (QED) is 0.754. The van der Waals surface area contributed by atoms with Gasteiger partial charge in [0.25, 0.3) is 0 Å². The molecule has 5 nitrogen and oxygen atoms in total. The van der Waals surface area contributed by atoms with E-state index in [9.17, 15) is 13.0 Å². The summed E-state index contributed by atoms with van der Waals surface area (Å²) in [4.78, 5) is 0. The van der Waals surface area contributed by atoms with Crippen molar-refractivity contribution in [2.75, 3.05) is 24.4 Å². The topological polar surface area (TPSA) is 86.5 Å². The molecule has 1 rings (SSSR count). The van der Waals surface area contributed by atoms with Gasteiger partial charge in [-0.1, -0.05) is 11.4 Å². The molecule has 1 aliphatic heterocycles. The van der Waals surface area contributed by atoms with Gasteiger partial charge < -0.3 is 4.52 Å². The number of rotatable bonds is 4. The standard InChI is InChI=1S/C6H14NO4PS2/c1-11-12(7,8)13-4-6-2-3-14(9,10)5-6/h6H,2-5H2,1H3,(H2,7,8). The van der Waals surface area contributed by atoms with Crippen molar-refractivity contribution in [3.63, 3.8) is 0 Å². The average Bonchev–Trinajstić information content (AvgIpc) is 2.43. The first-order valence-corrected chi connectivity index (χ1v) is 9.24. The third-order valence-corrected chi connectivity index (χ3v) is 7.37. The minimum absolute atomic E-state index is 0.0667. The highest BCUT2D eigenvalue weighted by Gasteiger charge is 2.29. The lowest BCUT2D eigenvalue weighted by Gasteiger charge is -2.11. The first-order chi connectivity index (χ1) is 6.35. The van der Waals surface area contributed by atoms with Gasteiger partial charge in [0.15, 0.2) is 9.84 Å². The fraction of sp³-hybridized carbons (Fsp3) is 1.00. The van der Waals surface area contributed by atoms with Crippen LogP contribution in [0.25, 0.3) is 0 Å². The summed E-state index contributed by atoms with van der Waals surface area (Å²) < 4.78 is 38.1. The Morgan fingerprint density at radius 2 is 2.29 bits per heavy atom. The van der Waals surface area contributed by atoms with Gasteiger partial charge in [0, 0.05) is 12.9 Å². The SMILES string of the molecule is COP(N)(=O)SCC1CCS(=O)(=O)C1. The van der Waals surface area contributed by atoms with Gasteiger partial charge >= 0.3 is 6.72 Å². The van der Waals surface area contributed by atoms with Gasteiger partial charge in [-0.25, -0.2) is 8.42 Å². The second kappa shape index (κ2) is 4.53. The zero-order chi connectivity index (χ0) is 10.8. The molecule has 1 heterocycles. The van der Waals surface area contributed by atoms with Crippen LogP contribution in [0, 0.1) is 5.92 Å². The Balaban J connectivity index is 2.38. The van der Waals surface area contributed by atoms with E-state index in [2.05, 4.69) is 4.52 Å². The highest BCUT2D eigenvalue weighted by atomic mass is 32.7. The predicted molar refractivity (Wildman–Crippen MR) is 58.0 cm³/mol. The van der Waals surface area contributed by atoms with Crippen molar-refractivity contribution in [1.82, 2.24) is 0 Å². The van der Waals surface area contributed by atoms with E-state index in [1.807, 2.05) is 0 Å². The molecule has 2 atom stereocenters. The lowest BCUT2D eigenvalue weighted by atomic mass is 10.2. The second-order valence-corrected chi connectivity index (χ2v) is 9.85. The Morgan fingerprint density at radius 3 is 2.71 bits per heavy atom. The maximum Gasteiger partial charge on any atom is 0.323 e. The molecule has 0 aromatic carbocycles. The van der Waals surface area contributed by atoms with E-state index in [0.717, 1.165) is 11.4 Å². The molecule has 0 saturated carbocycles. The summed E-state index contributed by atoms with van der Waals surface area (Å²) in [6.45, 7) is -3.05. The van der Waals surface area contributed by atoms with E-state index in [-0.39, 0.29) is 17.4 Å². The van der Waals surface area contributed by atoms with E-state index in [1.165, 1.54) is 7.11 Å². The minimum Gasteiger partial charge on any atom is -0.313 e. The van der Waals surface area contributed by atoms with Crippen molar-refractivity contribution in [2.24, 2.45) is 11.4 Å². The fourth-order valence-electron chi connectivity index (χ4n) is 1.27. The zero-order valence-electron chi connectivity index (χ0n) is 7.88. The summed E-state index contributed by atoms with van der Waals surface area (Å²) in [6, 6.07) is 0. The van der Waals surface area contributed by atoms with Gasteiger partial charge in [-0.05, 0) is 12.3 Å². The summed E-state index contributed by atoms with van der Waals surface area (Å²) in [5.74, 6) is 0.974. The van der Waals surface area contributed by atoms with Crippen LogP contribution in [0.15, 0.2) is 0 Å². The molecule has 0 aromatic heterocycles. The highest BCUT2D eigenvalue weighted by Crippen LogP contribution is 2.52. The number of nitrogens with two attached hydrogens (primary N) is 1. The van der Waals surface area contributed by atoms with Crippen LogP contribution in [0.5, 0.6) is 0 Å². The van der Waals surface area contributed by atoms with E-state index >= 15 is 0 Å². The Bertz CT molecular complexity index is 342. The van der Waals surface area contributed by atoms with Gasteiger partial charge in [0.05, 0.1) is 11.5 Å². The molecular weight excluding hydrogens is 245 g/mol. The van der Waals surface area contributed by atoms with Crippen LogP contribution in [0.1, 0.15) is 6.42 Å². The van der Waals surface area contributed by atoms with E-state index < -0.39 is 16.6 Å². The lowest BCUT2D eigenvalue weighted by Crippen LogP contribution is -2.07. The molecule has 8 heteroatoms. The third kappa shape index (κ3) is 3.90. The lowest BCUT2D eigenvalue weighted by molar-refractivity contribution is 0.410. The van der Waals surface area contributed by atoms with Crippen LogP contribution in [-0.2, 0) is 18.9 Å². The molecule has 0 spiro atoms. The van der Waals surface area contributed by atoms with Crippen LogP contribution < -0.4 is 5.50 Å². The first kappa shape index (κ1) is 12.5. The minimum atomic E-state index is -3.05. The molecular formula is C6H14NO4PS2. The summed E-state index contributed by atoms with van der Waals surface area (Å²) in [5, 5.41) is 0. The Morgan fingerprint density at radius 1 is 1.64 bits per heavy atom. The predicted octanol–water partition coefficient (Wildman–Crippen LogP) is 0.868. The first-order valence-electron chi connectivity index (χ1n) is 4.14. The van der Waals surface area contributed by atoms with Crippen molar-refractivity contribution in [3.8, 4) is 0 Å². The molecule has 0 aliphatic carbocycles. The Labute approximate surface area is 87.9 Å². The highest BCUT2D eigenvalue weighted by molar-refractivity contribution is 8.55. The summed E-state index contributed by atoms with van der Waals surface area (Å²) in [7, 11) is -1.56. The van der Waals surface area contributed by atoms with Gasteiger partial charge in [0.1, 0.15) is 0 Å². The van der Waals surface area contributed by atoms with Crippen LogP contribution in [0.2, 0.25) is 0 Å². The van der Waals surface area contributed by atoms with Crippen LogP contribution in [0.3, 0.4) is 0 Å². The maximum atomic E-state index is 11.3. The molecule has 1 aliphatic rings. The summed E-state index contributed by atoms with van der Waals surface area (Å²) in [6.07, 6.45) is 0.638. The number of sulfone groups is 1. The maximum absolute atomic E-state index is 11.3. The van der Waals surface area contributed by atoms with Crippen molar-refractivity contribution in [1.29, 1.82) is 0 Å². The van der Waals surface area contributed by atoms with Gasteiger partial charge in [0.2, 0.25) is 0 Å². The molecule has 2 unspecified atom stereocenters. The second-order valence-electron chi connectivity index (χ2n) is 3.29. The molecule has 1 saturated heterocycles. The zero-order valence-corrected chi connectivity index (χ0v) is 10.4. The van der Waals surface area contributed by atoms with E-state index in [1.54, 1.807) is 0 Å². The fourth-order valence-corrected chi connectivity index (χ4v) is 5.66. The molecule has 2 N–H and O–H groups in total. The third-order valence-electron chi connectivity index (χ3n) is 2.07. The van der Waals surface area contributed by atoms with Gasteiger partial charge in [-0.15, -0.1) is 0 Å². The molecule has 0 aromatic rings. The van der Waals surface area contributed by atoms with Crippen LogP contribution >= 0.6 is 18.1 Å². The van der Waals surface area contributed by atoms with Crippen molar-refractivity contribution < 1.29 is 17.5 Å². The van der Waals surface area contributed by atoms with Crippen LogP contribution in [-0.4, -0.2) is 32.8 Å². The van der Waals surface area contributed by atoms with Crippen molar-refractivity contribution >= 4 is 27.9 Å². The molecule has 0 bridgehead atoms.